The van der Waals surface area contributed by atoms with E-state index in [2.05, 4.69) is 4.72 Å². The highest BCUT2D eigenvalue weighted by molar-refractivity contribution is 7.88. The lowest BCUT2D eigenvalue weighted by molar-refractivity contribution is -0.145. The van der Waals surface area contributed by atoms with E-state index in [0.29, 0.717) is 5.75 Å². The van der Waals surface area contributed by atoms with Crippen molar-refractivity contribution in [1.29, 1.82) is 0 Å². The van der Waals surface area contributed by atoms with Crippen LogP contribution in [-0.4, -0.2) is 39.9 Å². The maximum Gasteiger partial charge on any atom is 0.303 e. The molecule has 122 valence electrons. The average Bonchev–Trinajstić information content (AvgIpc) is 2.40. The second-order valence-electron chi connectivity index (χ2n) is 4.46. The van der Waals surface area contributed by atoms with Gasteiger partial charge in [0.1, 0.15) is 18.2 Å². The molecule has 0 aliphatic heterocycles. The van der Waals surface area contributed by atoms with E-state index in [4.69, 9.17) is 9.47 Å². The molecule has 0 spiro atoms. The van der Waals surface area contributed by atoms with Crippen molar-refractivity contribution in [3.8, 4) is 5.75 Å². The van der Waals surface area contributed by atoms with E-state index in [-0.39, 0.29) is 19.0 Å². The molecule has 0 aromatic heterocycles. The summed E-state index contributed by atoms with van der Waals surface area (Å²) < 4.78 is 47.3. The number of ether oxygens (including phenoxy) is 2. The van der Waals surface area contributed by atoms with E-state index >= 15 is 0 Å². The van der Waals surface area contributed by atoms with Gasteiger partial charge in [-0.15, -0.1) is 0 Å². The van der Waals surface area contributed by atoms with Crippen molar-refractivity contribution < 1.29 is 27.1 Å². The Labute approximate surface area is 129 Å². The van der Waals surface area contributed by atoms with Crippen LogP contribution in [0.4, 0.5) is 4.39 Å². The Bertz CT molecular complexity index is 613. The van der Waals surface area contributed by atoms with Gasteiger partial charge < -0.3 is 9.47 Å². The standard InChI is InChI=1S/C14H18FNO5S/c1-11(17)21-14(4-3-9-16-22(2,18)19)10-20-13-7-5-12(15)6-8-13/h3-8,14,16H,9-10H2,1-2H3. The van der Waals surface area contributed by atoms with Gasteiger partial charge in [-0.25, -0.2) is 17.5 Å². The van der Waals surface area contributed by atoms with Crippen LogP contribution in [0.1, 0.15) is 6.92 Å². The predicted molar refractivity (Wildman–Crippen MR) is 79.4 cm³/mol. The second kappa shape index (κ2) is 8.50. The van der Waals surface area contributed by atoms with Gasteiger partial charge in [0.2, 0.25) is 10.0 Å². The fraction of sp³-hybridized carbons (Fsp3) is 0.357. The molecule has 22 heavy (non-hydrogen) atoms. The highest BCUT2D eigenvalue weighted by Crippen LogP contribution is 2.12. The van der Waals surface area contributed by atoms with Crippen LogP contribution in [-0.2, 0) is 19.6 Å². The number of benzene rings is 1. The van der Waals surface area contributed by atoms with E-state index < -0.39 is 22.1 Å². The van der Waals surface area contributed by atoms with Crippen molar-refractivity contribution in [3.05, 3.63) is 42.2 Å². The van der Waals surface area contributed by atoms with Crippen molar-refractivity contribution in [1.82, 2.24) is 4.72 Å². The van der Waals surface area contributed by atoms with Gasteiger partial charge >= 0.3 is 5.97 Å². The molecule has 0 aliphatic rings. The molecule has 0 saturated heterocycles. The molecule has 0 aliphatic carbocycles. The Morgan fingerprint density at radius 2 is 2.00 bits per heavy atom. The summed E-state index contributed by atoms with van der Waals surface area (Å²) in [5.41, 5.74) is 0. The molecule has 1 aromatic rings. The molecule has 1 atom stereocenters. The van der Waals surface area contributed by atoms with Gasteiger partial charge in [0.25, 0.3) is 0 Å². The fourth-order valence-electron chi connectivity index (χ4n) is 1.47. The number of hydrogen-bond donors (Lipinski definition) is 1. The first kappa shape index (κ1) is 18.1. The maximum absolute atomic E-state index is 12.8. The summed E-state index contributed by atoms with van der Waals surface area (Å²) in [4.78, 5) is 11.0. The number of halogens is 1. The van der Waals surface area contributed by atoms with E-state index in [1.165, 1.54) is 43.3 Å². The number of carbonyl (C=O) groups is 1. The average molecular weight is 331 g/mol. The first-order valence-electron chi connectivity index (χ1n) is 6.43. The zero-order chi connectivity index (χ0) is 16.6. The highest BCUT2D eigenvalue weighted by Gasteiger charge is 2.09. The molecule has 1 rings (SSSR count). The predicted octanol–water partition coefficient (Wildman–Crippen LogP) is 1.24. The van der Waals surface area contributed by atoms with Crippen molar-refractivity contribution >= 4 is 16.0 Å². The van der Waals surface area contributed by atoms with Gasteiger partial charge in [-0.3, -0.25) is 4.79 Å². The Morgan fingerprint density at radius 3 is 2.55 bits per heavy atom. The number of esters is 1. The summed E-state index contributed by atoms with van der Waals surface area (Å²) in [5, 5.41) is 0. The van der Waals surface area contributed by atoms with Crippen molar-refractivity contribution in [2.45, 2.75) is 13.0 Å². The molecule has 0 bridgehead atoms. The van der Waals surface area contributed by atoms with Crippen molar-refractivity contribution in [2.24, 2.45) is 0 Å². The minimum Gasteiger partial charge on any atom is -0.489 e. The molecule has 1 unspecified atom stereocenters. The van der Waals surface area contributed by atoms with Crippen LogP contribution in [0.25, 0.3) is 0 Å². The normalized spacial score (nSPS) is 13.0. The minimum absolute atomic E-state index is 0.0284. The zero-order valence-corrected chi connectivity index (χ0v) is 13.1. The molecule has 6 nitrogen and oxygen atoms in total. The SMILES string of the molecule is CC(=O)OC(C=CCNS(C)(=O)=O)COc1ccc(F)cc1. The van der Waals surface area contributed by atoms with Crippen molar-refractivity contribution in [2.75, 3.05) is 19.4 Å². The molecule has 8 heteroatoms. The van der Waals surface area contributed by atoms with Crippen LogP contribution in [0.3, 0.4) is 0 Å². The monoisotopic (exact) mass is 331 g/mol. The molecule has 1 aromatic carbocycles. The second-order valence-corrected chi connectivity index (χ2v) is 6.29. The number of rotatable bonds is 8. The Hall–Kier alpha value is -1.93. The Morgan fingerprint density at radius 1 is 1.36 bits per heavy atom. The topological polar surface area (TPSA) is 81.7 Å². The van der Waals surface area contributed by atoms with Crippen LogP contribution in [0.5, 0.6) is 5.75 Å². The van der Waals surface area contributed by atoms with Crippen LogP contribution >= 0.6 is 0 Å². The lowest BCUT2D eigenvalue weighted by atomic mass is 10.3. The number of sulfonamides is 1. The number of carbonyl (C=O) groups excluding carboxylic acids is 1. The summed E-state index contributed by atoms with van der Waals surface area (Å²) in [6, 6.07) is 5.41. The fourth-order valence-corrected chi connectivity index (χ4v) is 1.87. The molecular weight excluding hydrogens is 313 g/mol. The Kier molecular flexibility index (Phi) is 7.00. The van der Waals surface area contributed by atoms with Gasteiger partial charge in [-0.05, 0) is 30.3 Å². The summed E-state index contributed by atoms with van der Waals surface area (Å²) in [6.07, 6.45) is 3.40. The van der Waals surface area contributed by atoms with Crippen LogP contribution in [0.15, 0.2) is 36.4 Å². The minimum atomic E-state index is -3.28. The number of nitrogens with one attached hydrogen (secondary N) is 1. The molecule has 1 N–H and O–H groups in total. The van der Waals surface area contributed by atoms with Gasteiger partial charge in [0.15, 0.2) is 6.10 Å². The zero-order valence-electron chi connectivity index (χ0n) is 12.3. The van der Waals surface area contributed by atoms with Gasteiger partial charge in [0, 0.05) is 13.5 Å². The van der Waals surface area contributed by atoms with E-state index in [1.807, 2.05) is 0 Å². The lowest BCUT2D eigenvalue weighted by Crippen LogP contribution is -2.24. The first-order valence-corrected chi connectivity index (χ1v) is 8.32. The smallest absolute Gasteiger partial charge is 0.303 e. The van der Waals surface area contributed by atoms with E-state index in [9.17, 15) is 17.6 Å². The first-order chi connectivity index (χ1) is 10.3. The summed E-state index contributed by atoms with van der Waals surface area (Å²) in [5.74, 6) is -0.440. The molecule has 0 radical (unpaired) electrons. The summed E-state index contributed by atoms with van der Waals surface area (Å²) in [7, 11) is -3.28. The lowest BCUT2D eigenvalue weighted by Gasteiger charge is -2.14. The van der Waals surface area contributed by atoms with E-state index in [1.54, 1.807) is 0 Å². The third-order valence-electron chi connectivity index (χ3n) is 2.36. The Balaban J connectivity index is 2.54. The molecule has 0 heterocycles. The van der Waals surface area contributed by atoms with Crippen LogP contribution in [0.2, 0.25) is 0 Å². The maximum atomic E-state index is 12.8. The number of hydrogen-bond acceptors (Lipinski definition) is 5. The summed E-state index contributed by atoms with van der Waals surface area (Å²) >= 11 is 0. The van der Waals surface area contributed by atoms with Gasteiger partial charge in [-0.2, -0.15) is 0 Å². The molecule has 0 saturated carbocycles. The molecular formula is C14H18FNO5S. The summed E-state index contributed by atoms with van der Waals surface area (Å²) in [6.45, 7) is 1.36. The largest absolute Gasteiger partial charge is 0.489 e. The van der Waals surface area contributed by atoms with Crippen LogP contribution < -0.4 is 9.46 Å². The third-order valence-corrected chi connectivity index (χ3v) is 3.05. The highest BCUT2D eigenvalue weighted by atomic mass is 32.2. The quantitative estimate of drug-likeness (QED) is 0.572. The molecule has 0 amide bonds. The van der Waals surface area contributed by atoms with Gasteiger partial charge in [-0.1, -0.05) is 6.08 Å². The van der Waals surface area contributed by atoms with E-state index in [0.717, 1.165) is 6.26 Å². The van der Waals surface area contributed by atoms with Crippen molar-refractivity contribution in [3.63, 3.8) is 0 Å². The molecule has 0 fully saturated rings. The van der Waals surface area contributed by atoms with Crippen LogP contribution in [0, 0.1) is 5.82 Å². The third kappa shape index (κ3) is 8.38. The van der Waals surface area contributed by atoms with Gasteiger partial charge in [0.05, 0.1) is 6.26 Å².